The van der Waals surface area contributed by atoms with Gasteiger partial charge >= 0.3 is 5.97 Å². The maximum absolute atomic E-state index is 13.2. The maximum Gasteiger partial charge on any atom is 0.338 e. The van der Waals surface area contributed by atoms with Crippen molar-refractivity contribution in [2.45, 2.75) is 78.2 Å². The number of hydrogen-bond donors (Lipinski definition) is 1. The summed E-state index contributed by atoms with van der Waals surface area (Å²) in [4.78, 5) is 22.1. The molecule has 204 valence electrons. The second kappa shape index (κ2) is 11.4. The van der Waals surface area contributed by atoms with Crippen LogP contribution < -0.4 is 0 Å². The molecule has 3 aromatic rings. The SMILES string of the molecule is Cc1cc(C)n2nc(CC3=C(O)C(CCc4ccc(CC(C)C#N)c(Cl)c4)C(C4CCCC4)OC3=O)nc2n1. The molecule has 1 aliphatic carbocycles. The number of aliphatic hydroxyl groups excluding tert-OH is 1. The highest BCUT2D eigenvalue weighted by Crippen LogP contribution is 2.40. The van der Waals surface area contributed by atoms with Crippen LogP contribution in [0.1, 0.15) is 67.4 Å². The number of rotatable bonds is 8. The van der Waals surface area contributed by atoms with Crippen LogP contribution >= 0.6 is 11.6 Å². The van der Waals surface area contributed by atoms with Crippen molar-refractivity contribution >= 4 is 23.3 Å². The van der Waals surface area contributed by atoms with E-state index in [0.29, 0.717) is 35.9 Å². The van der Waals surface area contributed by atoms with E-state index < -0.39 is 5.97 Å². The molecule has 8 nitrogen and oxygen atoms in total. The Bertz CT molecular complexity index is 1470. The van der Waals surface area contributed by atoms with Crippen molar-refractivity contribution in [2.75, 3.05) is 0 Å². The summed E-state index contributed by atoms with van der Waals surface area (Å²) in [5, 5.41) is 25.8. The fourth-order valence-electron chi connectivity index (χ4n) is 5.99. The molecule has 9 heteroatoms. The van der Waals surface area contributed by atoms with Crippen molar-refractivity contribution in [3.8, 4) is 6.07 Å². The van der Waals surface area contributed by atoms with Crippen molar-refractivity contribution in [1.82, 2.24) is 19.6 Å². The average molecular weight is 548 g/mol. The van der Waals surface area contributed by atoms with Crippen LogP contribution in [0.5, 0.6) is 0 Å². The average Bonchev–Trinajstić information content (AvgIpc) is 3.57. The fraction of sp³-hybridized carbons (Fsp3) is 0.500. The second-order valence-corrected chi connectivity index (χ2v) is 11.4. The predicted molar refractivity (Wildman–Crippen MR) is 147 cm³/mol. The Morgan fingerprint density at radius 1 is 1.23 bits per heavy atom. The lowest BCUT2D eigenvalue weighted by Crippen LogP contribution is -2.40. The number of aryl methyl sites for hydroxylation is 3. The first-order valence-corrected chi connectivity index (χ1v) is 14.1. The van der Waals surface area contributed by atoms with E-state index in [1.807, 2.05) is 45.0 Å². The minimum absolute atomic E-state index is 0.0814. The first-order valence-electron chi connectivity index (χ1n) is 13.7. The minimum atomic E-state index is -0.487. The number of fused-ring (bicyclic) bond motifs is 1. The molecule has 2 aliphatic rings. The van der Waals surface area contributed by atoms with Gasteiger partial charge in [-0.25, -0.2) is 14.3 Å². The number of hydrogen-bond acceptors (Lipinski definition) is 7. The highest BCUT2D eigenvalue weighted by Gasteiger charge is 2.42. The van der Waals surface area contributed by atoms with Gasteiger partial charge in [0.05, 0.1) is 17.6 Å². The Morgan fingerprint density at radius 2 is 2.00 bits per heavy atom. The molecule has 0 saturated heterocycles. The molecule has 1 aromatic carbocycles. The number of nitrogens with zero attached hydrogens (tertiary/aromatic N) is 5. The third-order valence-electron chi connectivity index (χ3n) is 8.02. The summed E-state index contributed by atoms with van der Waals surface area (Å²) in [5.41, 5.74) is 3.95. The zero-order valence-corrected chi connectivity index (χ0v) is 23.4. The van der Waals surface area contributed by atoms with Crippen LogP contribution in [0.15, 0.2) is 35.6 Å². The number of halogens is 1. The van der Waals surface area contributed by atoms with E-state index in [1.54, 1.807) is 4.52 Å². The van der Waals surface area contributed by atoms with Gasteiger partial charge in [0.1, 0.15) is 11.9 Å². The first kappa shape index (κ1) is 27.1. The van der Waals surface area contributed by atoms with E-state index in [4.69, 9.17) is 21.6 Å². The first-order chi connectivity index (χ1) is 18.7. The molecule has 39 heavy (non-hydrogen) atoms. The molecule has 0 amide bonds. The topological polar surface area (TPSA) is 113 Å². The van der Waals surface area contributed by atoms with Crippen LogP contribution in [0.2, 0.25) is 5.02 Å². The summed E-state index contributed by atoms with van der Waals surface area (Å²) in [7, 11) is 0. The van der Waals surface area contributed by atoms with E-state index in [0.717, 1.165) is 48.2 Å². The van der Waals surface area contributed by atoms with Gasteiger partial charge < -0.3 is 9.84 Å². The Morgan fingerprint density at radius 3 is 2.72 bits per heavy atom. The van der Waals surface area contributed by atoms with Crippen molar-refractivity contribution < 1.29 is 14.6 Å². The number of aromatic nitrogens is 4. The zero-order chi connectivity index (χ0) is 27.7. The van der Waals surface area contributed by atoms with Crippen LogP contribution in [0, 0.1) is 42.9 Å². The van der Waals surface area contributed by atoms with Crippen LogP contribution in [0.4, 0.5) is 0 Å². The van der Waals surface area contributed by atoms with Crippen LogP contribution in [-0.2, 0) is 28.8 Å². The number of carbonyl (C=O) groups is 1. The number of nitriles is 1. The summed E-state index contributed by atoms with van der Waals surface area (Å²) in [6, 6.07) is 10.1. The number of esters is 1. The summed E-state index contributed by atoms with van der Waals surface area (Å²) in [6.45, 7) is 5.71. The van der Waals surface area contributed by atoms with Crippen molar-refractivity contribution in [3.63, 3.8) is 0 Å². The smallest absolute Gasteiger partial charge is 0.338 e. The number of carbonyl (C=O) groups excluding carboxylic acids is 1. The van der Waals surface area contributed by atoms with Crippen LogP contribution in [0.25, 0.3) is 5.78 Å². The van der Waals surface area contributed by atoms with Crippen LogP contribution in [0.3, 0.4) is 0 Å². The molecule has 2 aromatic heterocycles. The zero-order valence-electron chi connectivity index (χ0n) is 22.7. The van der Waals surface area contributed by atoms with Gasteiger partial charge in [-0.3, -0.25) is 0 Å². The van der Waals surface area contributed by atoms with E-state index in [9.17, 15) is 9.90 Å². The fourth-order valence-corrected chi connectivity index (χ4v) is 6.27. The highest BCUT2D eigenvalue weighted by molar-refractivity contribution is 6.31. The second-order valence-electron chi connectivity index (χ2n) is 11.0. The van der Waals surface area contributed by atoms with Gasteiger partial charge in [-0.15, -0.1) is 5.10 Å². The molecular formula is C30H34ClN5O3. The molecule has 1 saturated carbocycles. The van der Waals surface area contributed by atoms with Gasteiger partial charge in [0, 0.05) is 28.7 Å². The predicted octanol–water partition coefficient (Wildman–Crippen LogP) is 5.82. The number of aliphatic hydroxyl groups is 1. The molecule has 0 spiro atoms. The van der Waals surface area contributed by atoms with Crippen molar-refractivity contribution in [3.05, 3.63) is 69.0 Å². The Hall–Kier alpha value is -3.44. The largest absolute Gasteiger partial charge is 0.511 e. The van der Waals surface area contributed by atoms with E-state index in [-0.39, 0.29) is 41.6 Å². The van der Waals surface area contributed by atoms with Crippen molar-refractivity contribution in [2.24, 2.45) is 17.8 Å². The molecule has 1 fully saturated rings. The number of cyclic esters (lactones) is 1. The van der Waals surface area contributed by atoms with Crippen molar-refractivity contribution in [1.29, 1.82) is 5.26 Å². The Labute approximate surface area is 233 Å². The van der Waals surface area contributed by atoms with Gasteiger partial charge in [-0.2, -0.15) is 10.2 Å². The molecule has 1 aliphatic heterocycles. The molecule has 3 unspecified atom stereocenters. The lowest BCUT2D eigenvalue weighted by molar-refractivity contribution is -0.154. The standard InChI is InChI=1S/C30H34ClN5O3/c1-17(16-32)12-22-10-8-20(14-25(22)31)9-11-23-27(37)24(29(38)39-28(23)21-6-4-5-7-21)15-26-34-30-33-18(2)13-19(3)36(30)35-26/h8,10,13-14,17,21,23,28,37H,4-7,9,11-12,15H2,1-3H3. The molecule has 0 radical (unpaired) electrons. The maximum atomic E-state index is 13.2. The summed E-state index contributed by atoms with van der Waals surface area (Å²) < 4.78 is 7.70. The molecule has 3 atom stereocenters. The lowest BCUT2D eigenvalue weighted by Gasteiger charge is -2.35. The van der Waals surface area contributed by atoms with Crippen LogP contribution in [-0.4, -0.2) is 36.8 Å². The molecule has 3 heterocycles. The highest BCUT2D eigenvalue weighted by atomic mass is 35.5. The normalized spacial score (nSPS) is 20.8. The number of benzene rings is 1. The third-order valence-corrected chi connectivity index (χ3v) is 8.37. The third kappa shape index (κ3) is 5.79. The minimum Gasteiger partial charge on any atom is -0.511 e. The summed E-state index contributed by atoms with van der Waals surface area (Å²) in [5.74, 6) is 0.316. The number of ether oxygens (including phenoxy) is 1. The molecular weight excluding hydrogens is 514 g/mol. The summed E-state index contributed by atoms with van der Waals surface area (Å²) >= 11 is 6.54. The van der Waals surface area contributed by atoms with E-state index in [1.165, 1.54) is 0 Å². The molecule has 5 rings (SSSR count). The van der Waals surface area contributed by atoms with E-state index in [2.05, 4.69) is 21.1 Å². The Balaban J connectivity index is 1.40. The van der Waals surface area contributed by atoms with E-state index >= 15 is 0 Å². The van der Waals surface area contributed by atoms with Gasteiger partial charge in [0.25, 0.3) is 5.78 Å². The van der Waals surface area contributed by atoms with Gasteiger partial charge in [0.15, 0.2) is 5.82 Å². The summed E-state index contributed by atoms with van der Waals surface area (Å²) in [6.07, 6.45) is 5.83. The quantitative estimate of drug-likeness (QED) is 0.354. The lowest BCUT2D eigenvalue weighted by atomic mass is 9.81. The van der Waals surface area contributed by atoms with Gasteiger partial charge in [-0.05, 0) is 82.1 Å². The van der Waals surface area contributed by atoms with Gasteiger partial charge in [-0.1, -0.05) is 36.6 Å². The molecule has 1 N–H and O–H groups in total. The monoisotopic (exact) mass is 547 g/mol. The van der Waals surface area contributed by atoms with Gasteiger partial charge in [0.2, 0.25) is 0 Å². The molecule has 0 bridgehead atoms. The Kier molecular flexibility index (Phi) is 7.90.